The van der Waals surface area contributed by atoms with Crippen molar-refractivity contribution in [3.8, 4) is 0 Å². The van der Waals surface area contributed by atoms with E-state index in [1.54, 1.807) is 11.8 Å². The van der Waals surface area contributed by atoms with Gasteiger partial charge in [-0.15, -0.1) is 11.8 Å². The van der Waals surface area contributed by atoms with E-state index in [2.05, 4.69) is 16.5 Å². The topological polar surface area (TPSA) is 51.0 Å². The number of nitrogens with zero attached hydrogens (tertiary/aromatic N) is 4. The van der Waals surface area contributed by atoms with Gasteiger partial charge in [-0.1, -0.05) is 18.2 Å². The number of carbonyl (C=O) groups excluding carboxylic acids is 1. The number of likely N-dealkylation sites (tertiary alicyclic amines) is 1. The normalized spacial score (nSPS) is 16.9. The molecule has 27 heavy (non-hydrogen) atoms. The van der Waals surface area contributed by atoms with Gasteiger partial charge in [-0.2, -0.15) is 0 Å². The quantitative estimate of drug-likeness (QED) is 0.613. The van der Waals surface area contributed by atoms with Crippen LogP contribution in [0.4, 0.5) is 0 Å². The number of thioether (sulfide) groups is 1. The molecule has 1 amide bonds. The van der Waals surface area contributed by atoms with E-state index in [9.17, 15) is 4.79 Å². The van der Waals surface area contributed by atoms with Crippen LogP contribution in [0.25, 0.3) is 11.2 Å². The lowest BCUT2D eigenvalue weighted by molar-refractivity contribution is -0.127. The summed E-state index contributed by atoms with van der Waals surface area (Å²) in [6.45, 7) is 4.68. The van der Waals surface area contributed by atoms with Crippen LogP contribution in [0.2, 0.25) is 0 Å². The molecule has 3 aromatic rings. The first kappa shape index (κ1) is 18.0. The van der Waals surface area contributed by atoms with Gasteiger partial charge >= 0.3 is 0 Å². The Bertz CT molecular complexity index is 924. The van der Waals surface area contributed by atoms with E-state index in [0.29, 0.717) is 11.7 Å². The van der Waals surface area contributed by atoms with E-state index in [1.165, 1.54) is 0 Å². The maximum atomic E-state index is 12.6. The largest absolute Gasteiger partial charge is 0.342 e. The Morgan fingerprint density at radius 2 is 2.07 bits per heavy atom. The average Bonchev–Trinajstić information content (AvgIpc) is 3.31. The molecular weight excluding hydrogens is 356 g/mol. The lowest BCUT2D eigenvalue weighted by Gasteiger charge is -2.16. The van der Waals surface area contributed by atoms with Crippen molar-refractivity contribution in [2.45, 2.75) is 31.2 Å². The Balaban J connectivity index is 1.36. The third-order valence-electron chi connectivity index (χ3n) is 5.11. The summed E-state index contributed by atoms with van der Waals surface area (Å²) in [6.07, 6.45) is 3.77. The maximum absolute atomic E-state index is 12.6. The SMILES string of the molecule is CCn1c(CC2CCN(C(=O)CSc3ccccc3)C2)nc2cccnc21. The summed E-state index contributed by atoms with van der Waals surface area (Å²) in [6, 6.07) is 14.1. The van der Waals surface area contributed by atoms with Gasteiger partial charge in [0.2, 0.25) is 5.91 Å². The van der Waals surface area contributed by atoms with Gasteiger partial charge in [-0.3, -0.25) is 4.79 Å². The highest BCUT2D eigenvalue weighted by atomic mass is 32.2. The van der Waals surface area contributed by atoms with E-state index in [0.717, 1.165) is 54.4 Å². The van der Waals surface area contributed by atoms with E-state index in [-0.39, 0.29) is 5.91 Å². The second kappa shape index (κ2) is 8.13. The fourth-order valence-electron chi connectivity index (χ4n) is 3.73. The van der Waals surface area contributed by atoms with Crippen molar-refractivity contribution in [1.82, 2.24) is 19.4 Å². The number of pyridine rings is 1. The van der Waals surface area contributed by atoms with Crippen LogP contribution in [0.15, 0.2) is 53.6 Å². The third-order valence-corrected chi connectivity index (χ3v) is 6.11. The Morgan fingerprint density at radius 3 is 2.89 bits per heavy atom. The molecule has 0 aliphatic carbocycles. The fourth-order valence-corrected chi connectivity index (χ4v) is 4.55. The Hall–Kier alpha value is -2.34. The maximum Gasteiger partial charge on any atom is 0.232 e. The number of carbonyl (C=O) groups is 1. The van der Waals surface area contributed by atoms with Gasteiger partial charge in [0.1, 0.15) is 11.3 Å². The van der Waals surface area contributed by atoms with Crippen LogP contribution in [0, 0.1) is 5.92 Å². The molecule has 1 fully saturated rings. The van der Waals surface area contributed by atoms with Crippen molar-refractivity contribution in [3.05, 3.63) is 54.5 Å². The predicted octanol–water partition coefficient (Wildman–Crippen LogP) is 3.63. The first-order valence-electron chi connectivity index (χ1n) is 9.50. The molecule has 1 aromatic carbocycles. The van der Waals surface area contributed by atoms with Gasteiger partial charge in [0, 0.05) is 37.1 Å². The molecule has 1 aliphatic rings. The van der Waals surface area contributed by atoms with Gasteiger partial charge in [0.05, 0.1) is 5.75 Å². The average molecular weight is 381 g/mol. The number of hydrogen-bond donors (Lipinski definition) is 0. The minimum Gasteiger partial charge on any atom is -0.342 e. The molecule has 0 radical (unpaired) electrons. The molecule has 1 aliphatic heterocycles. The van der Waals surface area contributed by atoms with Gasteiger partial charge in [0.15, 0.2) is 5.65 Å². The molecule has 1 unspecified atom stereocenters. The summed E-state index contributed by atoms with van der Waals surface area (Å²) in [5, 5.41) is 0. The van der Waals surface area contributed by atoms with Crippen molar-refractivity contribution in [2.75, 3.05) is 18.8 Å². The van der Waals surface area contributed by atoms with E-state index < -0.39 is 0 Å². The van der Waals surface area contributed by atoms with Gasteiger partial charge in [-0.05, 0) is 43.5 Å². The molecule has 3 heterocycles. The monoisotopic (exact) mass is 380 g/mol. The van der Waals surface area contributed by atoms with Gasteiger partial charge in [0.25, 0.3) is 0 Å². The number of imidazole rings is 1. The Kier molecular flexibility index (Phi) is 5.43. The van der Waals surface area contributed by atoms with Crippen LogP contribution in [0.3, 0.4) is 0 Å². The number of rotatable bonds is 6. The first-order chi connectivity index (χ1) is 13.2. The van der Waals surface area contributed by atoms with Crippen molar-refractivity contribution in [1.29, 1.82) is 0 Å². The summed E-state index contributed by atoms with van der Waals surface area (Å²) in [7, 11) is 0. The molecule has 5 nitrogen and oxygen atoms in total. The lowest BCUT2D eigenvalue weighted by atomic mass is 10.0. The zero-order valence-corrected chi connectivity index (χ0v) is 16.4. The fraction of sp³-hybridized carbons (Fsp3) is 0.381. The number of aromatic nitrogens is 3. The van der Waals surface area contributed by atoms with E-state index >= 15 is 0 Å². The van der Waals surface area contributed by atoms with E-state index in [4.69, 9.17) is 4.98 Å². The molecule has 0 N–H and O–H groups in total. The molecule has 2 aromatic heterocycles. The molecule has 0 spiro atoms. The minimum absolute atomic E-state index is 0.233. The van der Waals surface area contributed by atoms with Gasteiger partial charge in [-0.25, -0.2) is 9.97 Å². The molecule has 1 saturated heterocycles. The zero-order valence-electron chi connectivity index (χ0n) is 15.5. The number of hydrogen-bond acceptors (Lipinski definition) is 4. The number of benzene rings is 1. The van der Waals surface area contributed by atoms with Crippen LogP contribution in [-0.2, 0) is 17.8 Å². The molecule has 0 bridgehead atoms. The van der Waals surface area contributed by atoms with Crippen LogP contribution >= 0.6 is 11.8 Å². The number of fused-ring (bicyclic) bond motifs is 1. The summed E-state index contributed by atoms with van der Waals surface area (Å²) in [4.78, 5) is 25.0. The standard InChI is InChI=1S/C21H24N4OS/c1-2-25-19(23-18-9-6-11-22-21(18)25)13-16-10-12-24(14-16)20(26)15-27-17-7-4-3-5-8-17/h3-9,11,16H,2,10,12-15H2,1H3. The lowest BCUT2D eigenvalue weighted by Crippen LogP contribution is -2.30. The highest BCUT2D eigenvalue weighted by molar-refractivity contribution is 8.00. The third kappa shape index (κ3) is 4.00. The first-order valence-corrected chi connectivity index (χ1v) is 10.5. The van der Waals surface area contributed by atoms with Crippen LogP contribution in [-0.4, -0.2) is 44.2 Å². The molecule has 6 heteroatoms. The second-order valence-corrected chi connectivity index (χ2v) is 7.97. The zero-order chi connectivity index (χ0) is 18.6. The van der Waals surface area contributed by atoms with Gasteiger partial charge < -0.3 is 9.47 Å². The molecule has 1 atom stereocenters. The molecular formula is C21H24N4OS. The summed E-state index contributed by atoms with van der Waals surface area (Å²) in [5.74, 6) is 2.30. The van der Waals surface area contributed by atoms with Crippen molar-refractivity contribution in [3.63, 3.8) is 0 Å². The molecule has 4 rings (SSSR count). The number of amides is 1. The molecule has 140 valence electrons. The summed E-state index contributed by atoms with van der Waals surface area (Å²) < 4.78 is 2.20. The Morgan fingerprint density at radius 1 is 1.22 bits per heavy atom. The predicted molar refractivity (Wildman–Crippen MR) is 109 cm³/mol. The Labute approximate surface area is 163 Å². The van der Waals surface area contributed by atoms with Crippen LogP contribution in [0.1, 0.15) is 19.2 Å². The smallest absolute Gasteiger partial charge is 0.232 e. The van der Waals surface area contributed by atoms with Crippen molar-refractivity contribution in [2.24, 2.45) is 5.92 Å². The number of aryl methyl sites for hydroxylation is 1. The van der Waals surface area contributed by atoms with E-state index in [1.807, 2.05) is 53.6 Å². The van der Waals surface area contributed by atoms with Crippen molar-refractivity contribution >= 4 is 28.8 Å². The highest BCUT2D eigenvalue weighted by Gasteiger charge is 2.27. The van der Waals surface area contributed by atoms with Crippen LogP contribution in [0.5, 0.6) is 0 Å². The molecule has 0 saturated carbocycles. The summed E-state index contributed by atoms with van der Waals surface area (Å²) >= 11 is 1.61. The summed E-state index contributed by atoms with van der Waals surface area (Å²) in [5.41, 5.74) is 1.92. The minimum atomic E-state index is 0.233. The van der Waals surface area contributed by atoms with Crippen molar-refractivity contribution < 1.29 is 4.79 Å². The highest BCUT2D eigenvalue weighted by Crippen LogP contribution is 2.24. The second-order valence-electron chi connectivity index (χ2n) is 6.92. The van der Waals surface area contributed by atoms with Crippen LogP contribution < -0.4 is 0 Å².